The minimum Gasteiger partial charge on any atom is -0.358 e. The molecule has 1 atom stereocenters. The van der Waals surface area contributed by atoms with Crippen LogP contribution in [0, 0.1) is 17.0 Å². The van der Waals surface area contributed by atoms with Crippen molar-refractivity contribution in [1.29, 1.82) is 0 Å². The van der Waals surface area contributed by atoms with Crippen molar-refractivity contribution in [3.05, 3.63) is 52.2 Å². The van der Waals surface area contributed by atoms with Crippen molar-refractivity contribution in [2.75, 3.05) is 5.32 Å². The number of hydrogen-bond donors (Lipinski definition) is 1. The number of aromatic nitrogens is 2. The predicted molar refractivity (Wildman–Crippen MR) is 73.4 cm³/mol. The van der Waals surface area contributed by atoms with Gasteiger partial charge in [0.2, 0.25) is 0 Å². The third kappa shape index (κ3) is 2.82. The Labute approximate surface area is 115 Å². The SMILES string of the molecule is Cc1cc([N+](=O)[O-])nn1C(C)C(=O)Nc1ccccc1. The molecule has 1 amide bonds. The second kappa shape index (κ2) is 5.52. The summed E-state index contributed by atoms with van der Waals surface area (Å²) in [6.45, 7) is 3.31. The average Bonchev–Trinajstić information content (AvgIpc) is 2.81. The molecule has 20 heavy (non-hydrogen) atoms. The van der Waals surface area contributed by atoms with Crippen molar-refractivity contribution >= 4 is 17.4 Å². The zero-order valence-electron chi connectivity index (χ0n) is 11.1. The summed E-state index contributed by atoms with van der Waals surface area (Å²) < 4.78 is 1.34. The molecule has 0 aliphatic carbocycles. The van der Waals surface area contributed by atoms with E-state index in [0.29, 0.717) is 11.4 Å². The molecule has 0 aliphatic heterocycles. The van der Waals surface area contributed by atoms with Gasteiger partial charge < -0.3 is 15.4 Å². The maximum absolute atomic E-state index is 12.1. The normalized spacial score (nSPS) is 11.9. The highest BCUT2D eigenvalue weighted by Gasteiger charge is 2.24. The number of anilines is 1. The lowest BCUT2D eigenvalue weighted by atomic mass is 10.2. The number of amides is 1. The summed E-state index contributed by atoms with van der Waals surface area (Å²) in [6.07, 6.45) is 0. The van der Waals surface area contributed by atoms with E-state index in [0.717, 1.165) is 0 Å². The van der Waals surface area contributed by atoms with Crippen LogP contribution >= 0.6 is 0 Å². The number of para-hydroxylation sites is 1. The lowest BCUT2D eigenvalue weighted by Gasteiger charge is -2.11. The number of carbonyl (C=O) groups is 1. The van der Waals surface area contributed by atoms with Gasteiger partial charge in [0.15, 0.2) is 0 Å². The Bertz CT molecular complexity index is 636. The zero-order valence-corrected chi connectivity index (χ0v) is 11.1. The van der Waals surface area contributed by atoms with Crippen molar-refractivity contribution < 1.29 is 9.72 Å². The number of aryl methyl sites for hydroxylation is 1. The Morgan fingerprint density at radius 3 is 2.60 bits per heavy atom. The van der Waals surface area contributed by atoms with Crippen LogP contribution in [0.1, 0.15) is 18.7 Å². The van der Waals surface area contributed by atoms with E-state index in [1.54, 1.807) is 26.0 Å². The van der Waals surface area contributed by atoms with Gasteiger partial charge in [-0.05, 0) is 30.9 Å². The monoisotopic (exact) mass is 274 g/mol. The van der Waals surface area contributed by atoms with Crippen LogP contribution in [-0.2, 0) is 4.79 Å². The van der Waals surface area contributed by atoms with Gasteiger partial charge in [-0.15, -0.1) is 0 Å². The first-order valence-corrected chi connectivity index (χ1v) is 6.05. The summed E-state index contributed by atoms with van der Waals surface area (Å²) >= 11 is 0. The Morgan fingerprint density at radius 1 is 1.40 bits per heavy atom. The topological polar surface area (TPSA) is 90.1 Å². The standard InChI is InChI=1S/C13H14N4O3/c1-9-8-12(17(19)20)15-16(9)10(2)13(18)14-11-6-4-3-5-7-11/h3-8,10H,1-2H3,(H,14,18). The number of nitrogens with one attached hydrogen (secondary N) is 1. The first kappa shape index (κ1) is 13.7. The zero-order chi connectivity index (χ0) is 14.7. The van der Waals surface area contributed by atoms with Gasteiger partial charge in [0, 0.05) is 5.69 Å². The highest BCUT2D eigenvalue weighted by Crippen LogP contribution is 2.17. The van der Waals surface area contributed by atoms with E-state index in [2.05, 4.69) is 10.4 Å². The Hall–Kier alpha value is -2.70. The van der Waals surface area contributed by atoms with E-state index >= 15 is 0 Å². The van der Waals surface area contributed by atoms with E-state index in [9.17, 15) is 14.9 Å². The van der Waals surface area contributed by atoms with Crippen LogP contribution in [0.5, 0.6) is 0 Å². The summed E-state index contributed by atoms with van der Waals surface area (Å²) in [5.41, 5.74) is 1.23. The van der Waals surface area contributed by atoms with Gasteiger partial charge in [0.1, 0.15) is 6.04 Å². The van der Waals surface area contributed by atoms with Gasteiger partial charge in [-0.3, -0.25) is 4.79 Å². The Morgan fingerprint density at radius 2 is 2.05 bits per heavy atom. The van der Waals surface area contributed by atoms with E-state index in [-0.39, 0.29) is 11.7 Å². The number of benzene rings is 1. The molecule has 104 valence electrons. The highest BCUT2D eigenvalue weighted by atomic mass is 16.6. The molecule has 0 aliphatic rings. The van der Waals surface area contributed by atoms with Crippen LogP contribution in [0.25, 0.3) is 0 Å². The first-order chi connectivity index (χ1) is 9.49. The van der Waals surface area contributed by atoms with Gasteiger partial charge in [-0.25, -0.2) is 0 Å². The summed E-state index contributed by atoms with van der Waals surface area (Å²) in [5.74, 6) is -0.542. The second-order valence-electron chi connectivity index (χ2n) is 4.38. The molecule has 1 unspecified atom stereocenters. The van der Waals surface area contributed by atoms with Gasteiger partial charge in [-0.1, -0.05) is 18.2 Å². The molecule has 2 aromatic rings. The molecule has 0 radical (unpaired) electrons. The van der Waals surface area contributed by atoms with E-state index in [4.69, 9.17) is 0 Å². The molecule has 7 heteroatoms. The summed E-state index contributed by atoms with van der Waals surface area (Å²) in [7, 11) is 0. The quantitative estimate of drug-likeness (QED) is 0.684. The molecule has 1 aromatic carbocycles. The molecule has 2 rings (SSSR count). The number of hydrogen-bond acceptors (Lipinski definition) is 4. The van der Waals surface area contributed by atoms with Gasteiger partial charge in [0.05, 0.1) is 16.9 Å². The minimum absolute atomic E-state index is 0.262. The summed E-state index contributed by atoms with van der Waals surface area (Å²) in [6, 6.07) is 9.70. The number of carbonyl (C=O) groups excluding carboxylic acids is 1. The lowest BCUT2D eigenvalue weighted by molar-refractivity contribution is -0.389. The van der Waals surface area contributed by atoms with Crippen molar-refractivity contribution in [3.63, 3.8) is 0 Å². The second-order valence-corrected chi connectivity index (χ2v) is 4.38. The molecule has 0 fully saturated rings. The maximum Gasteiger partial charge on any atom is 0.390 e. The van der Waals surface area contributed by atoms with Crippen LogP contribution in [-0.4, -0.2) is 20.6 Å². The summed E-state index contributed by atoms with van der Waals surface area (Å²) in [5, 5.41) is 17.2. The lowest BCUT2D eigenvalue weighted by Crippen LogP contribution is -2.25. The van der Waals surface area contributed by atoms with Crippen LogP contribution in [0.3, 0.4) is 0 Å². The van der Waals surface area contributed by atoms with Crippen LogP contribution in [0.2, 0.25) is 0 Å². The molecule has 7 nitrogen and oxygen atoms in total. The molecule has 0 saturated carbocycles. The predicted octanol–water partition coefficient (Wildman–Crippen LogP) is 2.30. The van der Waals surface area contributed by atoms with Crippen LogP contribution in [0.15, 0.2) is 36.4 Å². The molecule has 0 spiro atoms. The molecule has 1 aromatic heterocycles. The summed E-state index contributed by atoms with van der Waals surface area (Å²) in [4.78, 5) is 22.2. The van der Waals surface area contributed by atoms with Gasteiger partial charge >= 0.3 is 5.82 Å². The Balaban J connectivity index is 2.16. The fourth-order valence-corrected chi connectivity index (χ4v) is 1.83. The molecule has 0 bridgehead atoms. The third-order valence-corrected chi connectivity index (χ3v) is 2.88. The van der Waals surface area contributed by atoms with Crippen LogP contribution in [0.4, 0.5) is 11.5 Å². The minimum atomic E-state index is -0.635. The van der Waals surface area contributed by atoms with Crippen molar-refractivity contribution in [2.24, 2.45) is 0 Å². The molecule has 0 saturated heterocycles. The van der Waals surface area contributed by atoms with E-state index in [1.165, 1.54) is 10.7 Å². The third-order valence-electron chi connectivity index (χ3n) is 2.88. The molecular weight excluding hydrogens is 260 g/mol. The number of rotatable bonds is 4. The number of nitro groups is 1. The van der Waals surface area contributed by atoms with E-state index in [1.807, 2.05) is 18.2 Å². The Kier molecular flexibility index (Phi) is 3.79. The van der Waals surface area contributed by atoms with Gasteiger partial charge in [-0.2, -0.15) is 4.68 Å². The smallest absolute Gasteiger partial charge is 0.358 e. The first-order valence-electron chi connectivity index (χ1n) is 6.05. The average molecular weight is 274 g/mol. The van der Waals surface area contributed by atoms with Crippen molar-refractivity contribution in [1.82, 2.24) is 9.78 Å². The van der Waals surface area contributed by atoms with Crippen molar-refractivity contribution in [3.8, 4) is 0 Å². The van der Waals surface area contributed by atoms with Gasteiger partial charge in [0.25, 0.3) is 5.91 Å². The van der Waals surface area contributed by atoms with Crippen molar-refractivity contribution in [2.45, 2.75) is 19.9 Å². The molecule has 1 heterocycles. The highest BCUT2D eigenvalue weighted by molar-refractivity contribution is 5.93. The molecule has 1 N–H and O–H groups in total. The largest absolute Gasteiger partial charge is 0.390 e. The number of nitrogens with zero attached hydrogens (tertiary/aromatic N) is 3. The fourth-order valence-electron chi connectivity index (χ4n) is 1.83. The fraction of sp³-hybridized carbons (Fsp3) is 0.231. The molecular formula is C13H14N4O3. The van der Waals surface area contributed by atoms with E-state index < -0.39 is 11.0 Å². The maximum atomic E-state index is 12.1. The van der Waals surface area contributed by atoms with Crippen LogP contribution < -0.4 is 5.32 Å².